The third kappa shape index (κ3) is 3.45. The normalized spacial score (nSPS) is 18.4. The molecular weight excluding hydrogens is 369 g/mol. The minimum Gasteiger partial charge on any atom is -0.323 e. The third-order valence-electron chi connectivity index (χ3n) is 4.84. The van der Waals surface area contributed by atoms with Crippen LogP contribution in [-0.2, 0) is 9.59 Å². The fourth-order valence-corrected chi connectivity index (χ4v) is 3.78. The van der Waals surface area contributed by atoms with Gasteiger partial charge in [0.1, 0.15) is 12.4 Å². The number of rotatable bonds is 3. The number of halogens is 2. The Kier molecular flexibility index (Phi) is 4.66. The summed E-state index contributed by atoms with van der Waals surface area (Å²) in [7, 11) is 0. The lowest BCUT2D eigenvalue weighted by molar-refractivity contribution is -0.122. The van der Waals surface area contributed by atoms with E-state index in [0.29, 0.717) is 17.1 Å². The summed E-state index contributed by atoms with van der Waals surface area (Å²) in [6.07, 6.45) is 2.46. The minimum atomic E-state index is -0.486. The summed E-state index contributed by atoms with van der Waals surface area (Å²) >= 11 is 5.97. The van der Waals surface area contributed by atoms with Gasteiger partial charge in [-0.1, -0.05) is 23.7 Å². The number of hydrogen-bond donors (Lipinski definition) is 1. The number of hydrogen-bond acceptors (Lipinski definition) is 3. The second kappa shape index (κ2) is 7.12. The fraction of sp³-hybridized carbons (Fsp3) is 0.250. The monoisotopic (exact) mass is 385 g/mol. The van der Waals surface area contributed by atoms with Gasteiger partial charge in [-0.15, -0.1) is 0 Å². The predicted octanol–water partition coefficient (Wildman–Crippen LogP) is 4.34. The van der Waals surface area contributed by atoms with Gasteiger partial charge >= 0.3 is 0 Å². The Morgan fingerprint density at radius 3 is 2.93 bits per heavy atom. The molecule has 0 aromatic heterocycles. The molecule has 2 amide bonds. The largest absolute Gasteiger partial charge is 0.323 e. The van der Waals surface area contributed by atoms with E-state index < -0.39 is 11.7 Å². The zero-order valence-corrected chi connectivity index (χ0v) is 15.2. The summed E-state index contributed by atoms with van der Waals surface area (Å²) in [4.78, 5) is 31.8. The Morgan fingerprint density at radius 1 is 1.30 bits per heavy atom. The number of para-hydroxylation sites is 2. The highest BCUT2D eigenvalue weighted by atomic mass is 35.5. The quantitative estimate of drug-likeness (QED) is 0.854. The zero-order chi connectivity index (χ0) is 19.0. The Morgan fingerprint density at radius 2 is 2.11 bits per heavy atom. The summed E-state index contributed by atoms with van der Waals surface area (Å²) < 4.78 is 13.2. The van der Waals surface area contributed by atoms with Gasteiger partial charge in [0, 0.05) is 5.71 Å². The van der Waals surface area contributed by atoms with Gasteiger partial charge in [-0.25, -0.2) is 4.39 Å². The van der Waals surface area contributed by atoms with Gasteiger partial charge in [0.05, 0.1) is 28.0 Å². The van der Waals surface area contributed by atoms with Crippen LogP contribution in [-0.4, -0.2) is 24.1 Å². The first kappa shape index (κ1) is 17.7. The van der Waals surface area contributed by atoms with Crippen molar-refractivity contribution in [2.75, 3.05) is 16.8 Å². The number of fused-ring (bicyclic) bond motifs is 2. The molecule has 1 aliphatic heterocycles. The van der Waals surface area contributed by atoms with E-state index >= 15 is 0 Å². The molecule has 1 aliphatic carbocycles. The maximum Gasteiger partial charge on any atom is 0.244 e. The second-order valence-electron chi connectivity index (χ2n) is 6.63. The molecule has 7 heteroatoms. The predicted molar refractivity (Wildman–Crippen MR) is 103 cm³/mol. The molecule has 2 aromatic carbocycles. The average Bonchev–Trinajstić information content (AvgIpc) is 3.06. The van der Waals surface area contributed by atoms with E-state index in [-0.39, 0.29) is 23.4 Å². The van der Waals surface area contributed by atoms with Crippen LogP contribution in [0.15, 0.2) is 47.5 Å². The number of amides is 2. The molecule has 1 fully saturated rings. The lowest BCUT2D eigenvalue weighted by Gasteiger charge is -2.24. The topological polar surface area (TPSA) is 61.8 Å². The number of carbonyl (C=O) groups excluding carboxylic acids is 2. The van der Waals surface area contributed by atoms with E-state index in [1.807, 2.05) is 18.2 Å². The Balaban J connectivity index is 1.61. The van der Waals surface area contributed by atoms with Crippen molar-refractivity contribution in [3.8, 4) is 0 Å². The molecule has 0 saturated heterocycles. The van der Waals surface area contributed by atoms with Crippen molar-refractivity contribution in [3.63, 3.8) is 0 Å². The number of anilines is 2. The van der Waals surface area contributed by atoms with Gasteiger partial charge in [-0.05, 0) is 49.6 Å². The Labute approximate surface area is 160 Å². The number of aliphatic imine (C=N–C) groups is 1. The van der Waals surface area contributed by atoms with Crippen molar-refractivity contribution in [3.05, 3.63) is 53.3 Å². The summed E-state index contributed by atoms with van der Waals surface area (Å²) in [6, 6.07) is 11.0. The van der Waals surface area contributed by atoms with Gasteiger partial charge in [-0.3, -0.25) is 14.6 Å². The van der Waals surface area contributed by atoms with E-state index in [0.717, 1.165) is 31.0 Å². The van der Waals surface area contributed by atoms with Crippen LogP contribution >= 0.6 is 11.6 Å². The van der Waals surface area contributed by atoms with E-state index in [1.165, 1.54) is 17.0 Å². The molecule has 0 radical (unpaired) electrons. The summed E-state index contributed by atoms with van der Waals surface area (Å²) in [5, 5.41) is 2.75. The maximum atomic E-state index is 13.2. The first-order chi connectivity index (χ1) is 13.0. The lowest BCUT2D eigenvalue weighted by atomic mass is 10.1. The maximum absolute atomic E-state index is 13.2. The standard InChI is InChI=1S/C20H17ClFN3O2/c21-14-10-12(22)8-9-16(14)24-19(26)11-25-18-7-2-1-5-17(18)23-15-6-3-4-13(15)20(25)27/h1-2,5,7-10,13H,3-4,6,11H2,(H,24,26)/t13-/m0/s1. The third-order valence-corrected chi connectivity index (χ3v) is 5.15. The fourth-order valence-electron chi connectivity index (χ4n) is 3.56. The smallest absolute Gasteiger partial charge is 0.244 e. The second-order valence-corrected chi connectivity index (χ2v) is 7.04. The van der Waals surface area contributed by atoms with Crippen LogP contribution in [0.1, 0.15) is 19.3 Å². The van der Waals surface area contributed by atoms with Crippen molar-refractivity contribution >= 4 is 46.2 Å². The van der Waals surface area contributed by atoms with Crippen LogP contribution in [0.25, 0.3) is 0 Å². The van der Waals surface area contributed by atoms with Crippen molar-refractivity contribution in [1.82, 2.24) is 0 Å². The molecule has 0 spiro atoms. The van der Waals surface area contributed by atoms with Gasteiger partial charge < -0.3 is 10.2 Å². The molecular formula is C20H17ClFN3O2. The Bertz CT molecular complexity index is 960. The molecule has 1 saturated carbocycles. The van der Waals surface area contributed by atoms with Crippen LogP contribution in [0.4, 0.5) is 21.5 Å². The summed E-state index contributed by atoms with van der Waals surface area (Å²) in [5.41, 5.74) is 2.50. The Hall–Kier alpha value is -2.73. The number of carbonyl (C=O) groups is 2. The molecule has 0 bridgehead atoms. The van der Waals surface area contributed by atoms with Crippen LogP contribution in [0.5, 0.6) is 0 Å². The first-order valence-corrected chi connectivity index (χ1v) is 9.13. The highest BCUT2D eigenvalue weighted by molar-refractivity contribution is 6.33. The van der Waals surface area contributed by atoms with Gasteiger partial charge in [0.2, 0.25) is 11.8 Å². The number of nitrogens with zero attached hydrogens (tertiary/aromatic N) is 2. The molecule has 2 aliphatic rings. The molecule has 1 atom stereocenters. The van der Waals surface area contributed by atoms with E-state index in [9.17, 15) is 14.0 Å². The van der Waals surface area contributed by atoms with Crippen LogP contribution in [0, 0.1) is 11.7 Å². The van der Waals surface area contributed by atoms with Gasteiger partial charge in [0.25, 0.3) is 0 Å². The molecule has 2 aromatic rings. The van der Waals surface area contributed by atoms with Crippen molar-refractivity contribution in [1.29, 1.82) is 0 Å². The zero-order valence-electron chi connectivity index (χ0n) is 14.4. The van der Waals surface area contributed by atoms with E-state index in [1.54, 1.807) is 6.07 Å². The molecule has 1 heterocycles. The van der Waals surface area contributed by atoms with E-state index in [4.69, 9.17) is 11.6 Å². The van der Waals surface area contributed by atoms with Crippen molar-refractivity contribution in [2.45, 2.75) is 19.3 Å². The van der Waals surface area contributed by atoms with Crippen molar-refractivity contribution < 1.29 is 14.0 Å². The first-order valence-electron chi connectivity index (χ1n) is 8.75. The van der Waals surface area contributed by atoms with Crippen LogP contribution in [0.3, 0.4) is 0 Å². The number of nitrogens with one attached hydrogen (secondary N) is 1. The molecule has 5 nitrogen and oxygen atoms in total. The summed E-state index contributed by atoms with van der Waals surface area (Å²) in [6.45, 7) is -0.164. The van der Waals surface area contributed by atoms with Crippen LogP contribution < -0.4 is 10.2 Å². The number of benzene rings is 2. The average molecular weight is 386 g/mol. The van der Waals surface area contributed by atoms with Crippen LogP contribution in [0.2, 0.25) is 5.02 Å². The molecule has 4 rings (SSSR count). The minimum absolute atomic E-state index is 0.104. The van der Waals surface area contributed by atoms with E-state index in [2.05, 4.69) is 10.3 Å². The van der Waals surface area contributed by atoms with Gasteiger partial charge in [0.15, 0.2) is 0 Å². The SMILES string of the molecule is O=C(CN1C(=O)[C@H]2CCCC2=Nc2ccccc21)Nc1ccc(F)cc1Cl. The summed E-state index contributed by atoms with van der Waals surface area (Å²) in [5.74, 6) is -1.29. The highest BCUT2D eigenvalue weighted by Crippen LogP contribution is 2.37. The lowest BCUT2D eigenvalue weighted by Crippen LogP contribution is -2.41. The molecule has 27 heavy (non-hydrogen) atoms. The van der Waals surface area contributed by atoms with Crippen molar-refractivity contribution in [2.24, 2.45) is 10.9 Å². The molecule has 1 N–H and O–H groups in total. The molecule has 138 valence electrons. The van der Waals surface area contributed by atoms with Gasteiger partial charge in [-0.2, -0.15) is 0 Å². The highest BCUT2D eigenvalue weighted by Gasteiger charge is 2.37. The molecule has 0 unspecified atom stereocenters.